The van der Waals surface area contributed by atoms with Crippen LogP contribution in [0.25, 0.3) is 0 Å². The van der Waals surface area contributed by atoms with Gasteiger partial charge < -0.3 is 10.2 Å². The first kappa shape index (κ1) is 16.7. The first-order chi connectivity index (χ1) is 12.1. The van der Waals surface area contributed by atoms with Gasteiger partial charge in [0.2, 0.25) is 5.91 Å². The molecular formula is C21H19FN2O. The van der Waals surface area contributed by atoms with Crippen LogP contribution in [0.1, 0.15) is 5.56 Å². The van der Waals surface area contributed by atoms with Gasteiger partial charge in [-0.25, -0.2) is 4.39 Å². The van der Waals surface area contributed by atoms with Crippen LogP contribution in [0.5, 0.6) is 0 Å². The Labute approximate surface area is 146 Å². The number of para-hydroxylation sites is 1. The highest BCUT2D eigenvalue weighted by molar-refractivity contribution is 5.92. The average Bonchev–Trinajstić information content (AvgIpc) is 2.64. The number of carbonyl (C=O) groups is 1. The van der Waals surface area contributed by atoms with Crippen LogP contribution in [-0.2, 0) is 11.2 Å². The average molecular weight is 334 g/mol. The van der Waals surface area contributed by atoms with Gasteiger partial charge in [-0.1, -0.05) is 30.3 Å². The van der Waals surface area contributed by atoms with Crippen molar-refractivity contribution in [2.75, 3.05) is 17.3 Å². The van der Waals surface area contributed by atoms with Crippen molar-refractivity contribution in [2.45, 2.75) is 6.42 Å². The molecule has 0 saturated carbocycles. The molecule has 3 rings (SSSR count). The molecule has 126 valence electrons. The van der Waals surface area contributed by atoms with E-state index in [0.29, 0.717) is 0 Å². The van der Waals surface area contributed by atoms with Crippen molar-refractivity contribution in [3.05, 3.63) is 90.2 Å². The molecule has 0 fully saturated rings. The number of anilines is 3. The third-order valence-electron chi connectivity index (χ3n) is 3.96. The Morgan fingerprint density at radius 3 is 2.12 bits per heavy atom. The molecule has 0 aromatic heterocycles. The monoisotopic (exact) mass is 334 g/mol. The molecule has 1 N–H and O–H groups in total. The maximum absolute atomic E-state index is 12.9. The van der Waals surface area contributed by atoms with Gasteiger partial charge in [0.25, 0.3) is 0 Å². The Morgan fingerprint density at radius 2 is 1.48 bits per heavy atom. The van der Waals surface area contributed by atoms with E-state index in [2.05, 4.69) is 10.2 Å². The van der Waals surface area contributed by atoms with Crippen molar-refractivity contribution < 1.29 is 9.18 Å². The van der Waals surface area contributed by atoms with Crippen molar-refractivity contribution in [3.63, 3.8) is 0 Å². The van der Waals surface area contributed by atoms with Gasteiger partial charge in [-0.15, -0.1) is 0 Å². The van der Waals surface area contributed by atoms with Gasteiger partial charge >= 0.3 is 0 Å². The van der Waals surface area contributed by atoms with Gasteiger partial charge in [0.05, 0.1) is 6.42 Å². The minimum Gasteiger partial charge on any atom is -0.345 e. The highest BCUT2D eigenvalue weighted by Gasteiger charge is 2.06. The minimum atomic E-state index is -0.303. The standard InChI is InChI=1S/C21H19FN2O/c1-24(19-5-3-2-4-6-19)20-13-11-18(12-14-20)23-21(25)15-16-7-9-17(22)10-8-16/h2-14H,15H2,1H3,(H,23,25). The maximum atomic E-state index is 12.9. The van der Waals surface area contributed by atoms with E-state index < -0.39 is 0 Å². The van der Waals surface area contributed by atoms with Crippen LogP contribution in [0.4, 0.5) is 21.5 Å². The number of halogens is 1. The minimum absolute atomic E-state index is 0.129. The van der Waals surface area contributed by atoms with Crippen LogP contribution in [0.2, 0.25) is 0 Å². The second kappa shape index (κ2) is 7.62. The third-order valence-corrected chi connectivity index (χ3v) is 3.96. The first-order valence-electron chi connectivity index (χ1n) is 8.05. The molecule has 0 unspecified atom stereocenters. The van der Waals surface area contributed by atoms with Crippen molar-refractivity contribution in [3.8, 4) is 0 Å². The molecule has 3 aromatic carbocycles. The zero-order valence-corrected chi connectivity index (χ0v) is 13.9. The van der Waals surface area contributed by atoms with Crippen molar-refractivity contribution >= 4 is 23.0 Å². The molecule has 0 heterocycles. The molecule has 0 aliphatic heterocycles. The summed E-state index contributed by atoms with van der Waals surface area (Å²) < 4.78 is 12.9. The Morgan fingerprint density at radius 1 is 0.880 bits per heavy atom. The molecule has 3 nitrogen and oxygen atoms in total. The number of benzene rings is 3. The van der Waals surface area contributed by atoms with Crippen LogP contribution in [0.15, 0.2) is 78.9 Å². The molecule has 0 aliphatic carbocycles. The lowest BCUT2D eigenvalue weighted by atomic mass is 10.1. The second-order valence-corrected chi connectivity index (χ2v) is 5.79. The number of hydrogen-bond donors (Lipinski definition) is 1. The number of nitrogens with zero attached hydrogens (tertiary/aromatic N) is 1. The summed E-state index contributed by atoms with van der Waals surface area (Å²) in [5.41, 5.74) is 3.63. The molecule has 4 heteroatoms. The predicted molar refractivity (Wildman–Crippen MR) is 99.7 cm³/mol. The van der Waals surface area contributed by atoms with E-state index in [1.54, 1.807) is 12.1 Å². The molecule has 3 aromatic rings. The molecule has 0 saturated heterocycles. The quantitative estimate of drug-likeness (QED) is 0.728. The molecule has 0 aliphatic rings. The lowest BCUT2D eigenvalue weighted by Crippen LogP contribution is -2.14. The van der Waals surface area contributed by atoms with Crippen molar-refractivity contribution in [2.24, 2.45) is 0 Å². The summed E-state index contributed by atoms with van der Waals surface area (Å²) in [6.45, 7) is 0. The summed E-state index contributed by atoms with van der Waals surface area (Å²) in [7, 11) is 2.00. The summed E-state index contributed by atoms with van der Waals surface area (Å²) in [6.07, 6.45) is 0.214. The topological polar surface area (TPSA) is 32.3 Å². The zero-order chi connectivity index (χ0) is 17.6. The van der Waals surface area contributed by atoms with Gasteiger partial charge in [0, 0.05) is 24.1 Å². The Balaban J connectivity index is 1.62. The Bertz CT molecular complexity index is 830. The summed E-state index contributed by atoms with van der Waals surface area (Å²) in [5.74, 6) is -0.432. The van der Waals surface area contributed by atoms with E-state index in [1.165, 1.54) is 12.1 Å². The van der Waals surface area contributed by atoms with Gasteiger partial charge in [0.1, 0.15) is 5.82 Å². The van der Waals surface area contributed by atoms with Gasteiger partial charge in [0.15, 0.2) is 0 Å². The van der Waals surface area contributed by atoms with E-state index in [9.17, 15) is 9.18 Å². The zero-order valence-electron chi connectivity index (χ0n) is 13.9. The Hall–Kier alpha value is -3.14. The molecular weight excluding hydrogens is 315 g/mol. The van der Waals surface area contributed by atoms with Gasteiger partial charge in [-0.3, -0.25) is 4.79 Å². The summed E-state index contributed by atoms with van der Waals surface area (Å²) in [6, 6.07) is 23.7. The fourth-order valence-electron chi connectivity index (χ4n) is 2.56. The highest BCUT2D eigenvalue weighted by atomic mass is 19.1. The second-order valence-electron chi connectivity index (χ2n) is 5.79. The number of nitrogens with one attached hydrogen (secondary N) is 1. The lowest BCUT2D eigenvalue weighted by molar-refractivity contribution is -0.115. The molecule has 0 atom stereocenters. The number of rotatable bonds is 5. The van der Waals surface area contributed by atoms with Gasteiger partial charge in [-0.2, -0.15) is 0 Å². The molecule has 25 heavy (non-hydrogen) atoms. The summed E-state index contributed by atoms with van der Waals surface area (Å²) in [5, 5.41) is 2.86. The van der Waals surface area contributed by atoms with Crippen LogP contribution in [0, 0.1) is 5.82 Å². The van der Waals surface area contributed by atoms with Crippen LogP contribution in [0.3, 0.4) is 0 Å². The summed E-state index contributed by atoms with van der Waals surface area (Å²) in [4.78, 5) is 14.2. The van der Waals surface area contributed by atoms with E-state index in [-0.39, 0.29) is 18.1 Å². The predicted octanol–water partition coefficient (Wildman–Crippen LogP) is 4.77. The molecule has 0 radical (unpaired) electrons. The largest absolute Gasteiger partial charge is 0.345 e. The van der Waals surface area contributed by atoms with Crippen LogP contribution in [-0.4, -0.2) is 13.0 Å². The molecule has 0 spiro atoms. The van der Waals surface area contributed by atoms with Crippen LogP contribution >= 0.6 is 0 Å². The van der Waals surface area contributed by atoms with E-state index >= 15 is 0 Å². The van der Waals surface area contributed by atoms with E-state index in [0.717, 1.165) is 22.6 Å². The Kier molecular flexibility index (Phi) is 5.09. The van der Waals surface area contributed by atoms with E-state index in [1.807, 2.05) is 61.6 Å². The lowest BCUT2D eigenvalue weighted by Gasteiger charge is -2.19. The van der Waals surface area contributed by atoms with E-state index in [4.69, 9.17) is 0 Å². The number of hydrogen-bond acceptors (Lipinski definition) is 2. The normalized spacial score (nSPS) is 10.3. The fourth-order valence-corrected chi connectivity index (χ4v) is 2.56. The number of carbonyl (C=O) groups excluding carboxylic acids is 1. The smallest absolute Gasteiger partial charge is 0.228 e. The molecule has 1 amide bonds. The van der Waals surface area contributed by atoms with Gasteiger partial charge in [-0.05, 0) is 54.1 Å². The SMILES string of the molecule is CN(c1ccccc1)c1ccc(NC(=O)Cc2ccc(F)cc2)cc1. The van der Waals surface area contributed by atoms with Crippen LogP contribution < -0.4 is 10.2 Å². The summed E-state index contributed by atoms with van der Waals surface area (Å²) >= 11 is 0. The van der Waals surface area contributed by atoms with Crippen molar-refractivity contribution in [1.29, 1.82) is 0 Å². The third kappa shape index (κ3) is 4.44. The number of amides is 1. The molecule has 0 bridgehead atoms. The first-order valence-corrected chi connectivity index (χ1v) is 8.05. The van der Waals surface area contributed by atoms with Crippen molar-refractivity contribution in [1.82, 2.24) is 0 Å². The maximum Gasteiger partial charge on any atom is 0.228 e. The fraction of sp³-hybridized carbons (Fsp3) is 0.0952. The highest BCUT2D eigenvalue weighted by Crippen LogP contribution is 2.24.